The summed E-state index contributed by atoms with van der Waals surface area (Å²) in [7, 11) is 0. The molecule has 0 saturated carbocycles. The van der Waals surface area contributed by atoms with Gasteiger partial charge in [0.15, 0.2) is 0 Å². The number of rotatable bonds is 8. The van der Waals surface area contributed by atoms with Crippen LogP contribution in [0.4, 0.5) is 0 Å². The third kappa shape index (κ3) is 5.58. The summed E-state index contributed by atoms with van der Waals surface area (Å²) in [5.41, 5.74) is 1.35. The van der Waals surface area contributed by atoms with Crippen LogP contribution in [0.3, 0.4) is 0 Å². The van der Waals surface area contributed by atoms with Gasteiger partial charge in [-0.3, -0.25) is 0 Å². The van der Waals surface area contributed by atoms with Crippen molar-refractivity contribution in [3.8, 4) is 5.75 Å². The van der Waals surface area contributed by atoms with E-state index >= 15 is 0 Å². The Balaban J connectivity index is 2.37. The second-order valence-corrected chi connectivity index (χ2v) is 5.42. The number of halogens is 1. The van der Waals surface area contributed by atoms with E-state index < -0.39 is 0 Å². The molecule has 1 rings (SSSR count). The lowest BCUT2D eigenvalue weighted by molar-refractivity contribution is 0.340. The third-order valence-corrected chi connectivity index (χ3v) is 3.85. The van der Waals surface area contributed by atoms with Crippen molar-refractivity contribution in [3.05, 3.63) is 29.8 Å². The van der Waals surface area contributed by atoms with Gasteiger partial charge < -0.3 is 4.74 Å². The van der Waals surface area contributed by atoms with Gasteiger partial charge in [-0.25, -0.2) is 0 Å². The first-order valence-corrected chi connectivity index (χ1v) is 7.56. The zero-order chi connectivity index (χ0) is 12.5. The molecule has 2 heteroatoms. The van der Waals surface area contributed by atoms with Crippen LogP contribution in [-0.2, 0) is 0 Å². The molecule has 1 nitrogen and oxygen atoms in total. The predicted molar refractivity (Wildman–Crippen MR) is 78.0 cm³/mol. The zero-order valence-electron chi connectivity index (χ0n) is 10.9. The number of unbranched alkanes of at least 4 members (excludes halogenated alkanes) is 3. The van der Waals surface area contributed by atoms with Gasteiger partial charge in [0, 0.05) is 4.83 Å². The molecule has 1 unspecified atom stereocenters. The van der Waals surface area contributed by atoms with E-state index in [1.165, 1.54) is 37.7 Å². The predicted octanol–water partition coefficient (Wildman–Crippen LogP) is 5.49. The summed E-state index contributed by atoms with van der Waals surface area (Å²) in [5.74, 6) is 0.960. The maximum atomic E-state index is 5.44. The fourth-order valence-corrected chi connectivity index (χ4v) is 2.49. The average Bonchev–Trinajstić information content (AvgIpc) is 2.36. The monoisotopic (exact) mass is 298 g/mol. The molecule has 0 saturated heterocycles. The van der Waals surface area contributed by atoms with Crippen molar-refractivity contribution in [2.45, 2.75) is 50.8 Å². The highest BCUT2D eigenvalue weighted by Crippen LogP contribution is 2.29. The van der Waals surface area contributed by atoms with Crippen LogP contribution >= 0.6 is 15.9 Å². The Hall–Kier alpha value is -0.500. The Morgan fingerprint density at radius 1 is 1.06 bits per heavy atom. The van der Waals surface area contributed by atoms with Gasteiger partial charge in [0.05, 0.1) is 6.61 Å². The van der Waals surface area contributed by atoms with Crippen molar-refractivity contribution in [2.75, 3.05) is 6.61 Å². The minimum atomic E-state index is 0.482. The second kappa shape index (κ2) is 8.57. The van der Waals surface area contributed by atoms with Gasteiger partial charge in [0.1, 0.15) is 5.75 Å². The van der Waals surface area contributed by atoms with E-state index in [2.05, 4.69) is 47.1 Å². The number of hydrogen-bond acceptors (Lipinski definition) is 1. The van der Waals surface area contributed by atoms with Gasteiger partial charge in [-0.15, -0.1) is 0 Å². The van der Waals surface area contributed by atoms with Gasteiger partial charge in [0.2, 0.25) is 0 Å². The van der Waals surface area contributed by atoms with E-state index in [9.17, 15) is 0 Å². The fourth-order valence-electron chi connectivity index (χ4n) is 1.86. The highest BCUT2D eigenvalue weighted by molar-refractivity contribution is 9.09. The Bertz CT molecular complexity index is 294. The Morgan fingerprint density at radius 2 is 1.76 bits per heavy atom. The summed E-state index contributed by atoms with van der Waals surface area (Å²) in [4.78, 5) is 0.482. The molecule has 0 spiro atoms. The van der Waals surface area contributed by atoms with Crippen molar-refractivity contribution < 1.29 is 4.74 Å². The molecule has 0 heterocycles. The normalized spacial score (nSPS) is 12.4. The molecule has 1 aromatic rings. The third-order valence-electron chi connectivity index (χ3n) is 2.86. The standard InChI is InChI=1S/C15H23BrO/c1-3-5-6-7-8-15(16)13-9-11-14(12-10-13)17-4-2/h9-12,15H,3-8H2,1-2H3. The summed E-state index contributed by atoms with van der Waals surface area (Å²) < 4.78 is 5.44. The zero-order valence-corrected chi connectivity index (χ0v) is 12.5. The highest BCUT2D eigenvalue weighted by Gasteiger charge is 2.06. The first kappa shape index (κ1) is 14.6. The van der Waals surface area contributed by atoms with E-state index in [-0.39, 0.29) is 0 Å². The molecule has 0 aliphatic carbocycles. The second-order valence-electron chi connectivity index (χ2n) is 4.32. The lowest BCUT2D eigenvalue weighted by Gasteiger charge is -2.11. The topological polar surface area (TPSA) is 9.23 Å². The molecule has 1 aromatic carbocycles. The number of hydrogen-bond donors (Lipinski definition) is 0. The largest absolute Gasteiger partial charge is 0.494 e. The molecular formula is C15H23BrO. The molecule has 17 heavy (non-hydrogen) atoms. The number of ether oxygens (including phenoxy) is 1. The Kier molecular flexibility index (Phi) is 7.34. The Labute approximate surface area is 114 Å². The van der Waals surface area contributed by atoms with Crippen LogP contribution in [0.1, 0.15) is 56.3 Å². The van der Waals surface area contributed by atoms with Gasteiger partial charge >= 0.3 is 0 Å². The van der Waals surface area contributed by atoms with Crippen molar-refractivity contribution in [1.29, 1.82) is 0 Å². The summed E-state index contributed by atoms with van der Waals surface area (Å²) in [6.07, 6.45) is 6.51. The van der Waals surface area contributed by atoms with Crippen LogP contribution in [0.5, 0.6) is 5.75 Å². The number of alkyl halides is 1. The van der Waals surface area contributed by atoms with E-state index in [0.29, 0.717) is 4.83 Å². The van der Waals surface area contributed by atoms with Crippen molar-refractivity contribution in [3.63, 3.8) is 0 Å². The summed E-state index contributed by atoms with van der Waals surface area (Å²) >= 11 is 3.76. The van der Waals surface area contributed by atoms with Crippen molar-refractivity contribution in [2.24, 2.45) is 0 Å². The molecule has 0 bridgehead atoms. The molecule has 0 aromatic heterocycles. The van der Waals surface area contributed by atoms with Crippen LogP contribution in [0.15, 0.2) is 24.3 Å². The average molecular weight is 299 g/mol. The van der Waals surface area contributed by atoms with E-state index in [1.807, 2.05) is 6.92 Å². The van der Waals surface area contributed by atoms with E-state index in [0.717, 1.165) is 12.4 Å². The van der Waals surface area contributed by atoms with Gasteiger partial charge in [-0.05, 0) is 31.0 Å². The molecule has 0 aliphatic rings. The summed E-state index contributed by atoms with van der Waals surface area (Å²) in [6.45, 7) is 4.99. The molecule has 0 aliphatic heterocycles. The molecule has 0 radical (unpaired) electrons. The molecule has 96 valence electrons. The molecular weight excluding hydrogens is 276 g/mol. The fraction of sp³-hybridized carbons (Fsp3) is 0.600. The molecule has 1 atom stereocenters. The lowest BCUT2D eigenvalue weighted by Crippen LogP contribution is -1.93. The first-order valence-electron chi connectivity index (χ1n) is 6.64. The van der Waals surface area contributed by atoms with Crippen LogP contribution in [-0.4, -0.2) is 6.61 Å². The van der Waals surface area contributed by atoms with E-state index in [1.54, 1.807) is 0 Å². The first-order chi connectivity index (χ1) is 8.27. The molecule has 0 N–H and O–H groups in total. The maximum Gasteiger partial charge on any atom is 0.119 e. The number of benzene rings is 1. The summed E-state index contributed by atoms with van der Waals surface area (Å²) in [5, 5.41) is 0. The highest BCUT2D eigenvalue weighted by atomic mass is 79.9. The van der Waals surface area contributed by atoms with E-state index in [4.69, 9.17) is 4.74 Å². The molecule has 0 amide bonds. The van der Waals surface area contributed by atoms with Crippen LogP contribution < -0.4 is 4.74 Å². The lowest BCUT2D eigenvalue weighted by atomic mass is 10.1. The quantitative estimate of drug-likeness (QED) is 0.455. The van der Waals surface area contributed by atoms with Crippen LogP contribution in [0, 0.1) is 0 Å². The molecule has 0 fully saturated rings. The minimum absolute atomic E-state index is 0.482. The van der Waals surface area contributed by atoms with Gasteiger partial charge in [0.25, 0.3) is 0 Å². The minimum Gasteiger partial charge on any atom is -0.494 e. The van der Waals surface area contributed by atoms with Gasteiger partial charge in [-0.1, -0.05) is 60.7 Å². The Morgan fingerprint density at radius 3 is 2.35 bits per heavy atom. The van der Waals surface area contributed by atoms with Gasteiger partial charge in [-0.2, -0.15) is 0 Å². The SMILES string of the molecule is CCCCCCC(Br)c1ccc(OCC)cc1. The van der Waals surface area contributed by atoms with Crippen molar-refractivity contribution in [1.82, 2.24) is 0 Å². The smallest absolute Gasteiger partial charge is 0.119 e. The van der Waals surface area contributed by atoms with Crippen LogP contribution in [0.2, 0.25) is 0 Å². The maximum absolute atomic E-state index is 5.44. The summed E-state index contributed by atoms with van der Waals surface area (Å²) in [6, 6.07) is 8.42. The van der Waals surface area contributed by atoms with Crippen molar-refractivity contribution >= 4 is 15.9 Å². The van der Waals surface area contributed by atoms with Crippen LogP contribution in [0.25, 0.3) is 0 Å².